The van der Waals surface area contributed by atoms with Gasteiger partial charge in [0.05, 0.1) is 11.4 Å². The average Bonchev–Trinajstić information content (AvgIpc) is 2.42. The van der Waals surface area contributed by atoms with Gasteiger partial charge in [-0.25, -0.2) is 0 Å². The van der Waals surface area contributed by atoms with E-state index in [0.29, 0.717) is 5.75 Å². The fraction of sp³-hybridized carbons (Fsp3) is 0.133. The first-order valence-corrected chi connectivity index (χ1v) is 6.20. The highest BCUT2D eigenvalue weighted by Gasteiger charge is 2.05. The first-order chi connectivity index (χ1) is 9.61. The van der Waals surface area contributed by atoms with Crippen molar-refractivity contribution in [2.75, 3.05) is 0 Å². The summed E-state index contributed by atoms with van der Waals surface area (Å²) in [7, 11) is 0. The number of fused-ring (bicyclic) bond motifs is 1. The lowest BCUT2D eigenvalue weighted by molar-refractivity contribution is 0.431. The molecule has 0 aliphatic rings. The van der Waals surface area contributed by atoms with Crippen molar-refractivity contribution in [2.45, 2.75) is 13.8 Å². The van der Waals surface area contributed by atoms with Gasteiger partial charge in [0, 0.05) is 0 Å². The van der Waals surface area contributed by atoms with Gasteiger partial charge >= 0.3 is 6.01 Å². The molecule has 0 aliphatic carbocycles. The Hall–Kier alpha value is -2.69. The van der Waals surface area contributed by atoms with Crippen molar-refractivity contribution in [3.8, 4) is 17.5 Å². The van der Waals surface area contributed by atoms with Crippen LogP contribution in [0.4, 0.5) is 0 Å². The van der Waals surface area contributed by atoms with Gasteiger partial charge in [-0.2, -0.15) is 4.98 Å². The van der Waals surface area contributed by atoms with Gasteiger partial charge in [0.2, 0.25) is 0 Å². The van der Waals surface area contributed by atoms with E-state index in [-0.39, 0.29) is 11.8 Å². The summed E-state index contributed by atoms with van der Waals surface area (Å²) in [6.45, 7) is 3.70. The normalized spacial score (nSPS) is 10.7. The van der Waals surface area contributed by atoms with Crippen LogP contribution in [-0.4, -0.2) is 20.3 Å². The zero-order valence-electron chi connectivity index (χ0n) is 11.2. The molecule has 5 nitrogen and oxygen atoms in total. The Bertz CT molecular complexity index is 787. The van der Waals surface area contributed by atoms with Crippen LogP contribution in [0.3, 0.4) is 0 Å². The Morgan fingerprint density at radius 3 is 2.50 bits per heavy atom. The van der Waals surface area contributed by atoms with Gasteiger partial charge in [-0.05, 0) is 48.9 Å². The van der Waals surface area contributed by atoms with Gasteiger partial charge in [0.1, 0.15) is 11.5 Å². The number of rotatable bonds is 2. The molecule has 5 heteroatoms. The highest BCUT2D eigenvalue weighted by Crippen LogP contribution is 2.26. The average molecular weight is 267 g/mol. The van der Waals surface area contributed by atoms with Crippen LogP contribution in [-0.2, 0) is 0 Å². The summed E-state index contributed by atoms with van der Waals surface area (Å²) in [5, 5.41) is 19.3. The number of phenolic OH excluding ortho intramolecular Hbond substituents is 1. The third-order valence-electron chi connectivity index (χ3n) is 3.08. The van der Waals surface area contributed by atoms with Crippen molar-refractivity contribution in [1.29, 1.82) is 0 Å². The van der Waals surface area contributed by atoms with E-state index in [1.54, 1.807) is 12.1 Å². The fourth-order valence-corrected chi connectivity index (χ4v) is 1.86. The summed E-state index contributed by atoms with van der Waals surface area (Å²) in [4.78, 5) is 4.22. The van der Waals surface area contributed by atoms with E-state index in [2.05, 4.69) is 15.2 Å². The van der Waals surface area contributed by atoms with Crippen molar-refractivity contribution in [1.82, 2.24) is 15.2 Å². The number of phenols is 1. The highest BCUT2D eigenvalue weighted by molar-refractivity contribution is 5.85. The van der Waals surface area contributed by atoms with Gasteiger partial charge in [-0.15, -0.1) is 5.10 Å². The number of nitrogens with zero attached hydrogens (tertiary/aromatic N) is 3. The van der Waals surface area contributed by atoms with Gasteiger partial charge in [0.15, 0.2) is 0 Å². The van der Waals surface area contributed by atoms with Gasteiger partial charge < -0.3 is 9.84 Å². The van der Waals surface area contributed by atoms with Crippen LogP contribution in [0.25, 0.3) is 10.8 Å². The first-order valence-electron chi connectivity index (χ1n) is 6.20. The number of ether oxygens (including phenoxy) is 1. The Balaban J connectivity index is 1.95. The van der Waals surface area contributed by atoms with Gasteiger partial charge in [-0.1, -0.05) is 17.2 Å². The zero-order chi connectivity index (χ0) is 14.1. The van der Waals surface area contributed by atoms with Crippen LogP contribution >= 0.6 is 0 Å². The molecule has 0 unspecified atom stereocenters. The third kappa shape index (κ3) is 2.38. The second kappa shape index (κ2) is 4.77. The number of hydrogen-bond donors (Lipinski definition) is 1. The summed E-state index contributed by atoms with van der Waals surface area (Å²) in [6.07, 6.45) is 0. The lowest BCUT2D eigenvalue weighted by Gasteiger charge is -2.06. The van der Waals surface area contributed by atoms with E-state index in [1.165, 1.54) is 0 Å². The molecular weight excluding hydrogens is 254 g/mol. The minimum Gasteiger partial charge on any atom is -0.508 e. The number of aryl methyl sites for hydroxylation is 2. The highest BCUT2D eigenvalue weighted by atomic mass is 16.5. The molecule has 0 atom stereocenters. The van der Waals surface area contributed by atoms with Crippen molar-refractivity contribution in [3.63, 3.8) is 0 Å². The molecule has 0 spiro atoms. The molecule has 2 aromatic carbocycles. The minimum atomic E-state index is 0.215. The van der Waals surface area contributed by atoms with Crippen LogP contribution in [0.5, 0.6) is 17.5 Å². The minimum absolute atomic E-state index is 0.215. The predicted molar refractivity (Wildman–Crippen MR) is 75.0 cm³/mol. The van der Waals surface area contributed by atoms with Crippen LogP contribution in [0.1, 0.15) is 11.4 Å². The van der Waals surface area contributed by atoms with E-state index in [1.807, 2.05) is 38.1 Å². The number of hydrogen-bond acceptors (Lipinski definition) is 5. The predicted octanol–water partition coefficient (Wildman–Crippen LogP) is 3.14. The van der Waals surface area contributed by atoms with E-state index in [0.717, 1.165) is 22.2 Å². The molecule has 0 fully saturated rings. The molecule has 3 rings (SSSR count). The van der Waals surface area contributed by atoms with E-state index in [9.17, 15) is 5.11 Å². The second-order valence-corrected chi connectivity index (χ2v) is 4.56. The van der Waals surface area contributed by atoms with Crippen LogP contribution in [0.15, 0.2) is 36.4 Å². The summed E-state index contributed by atoms with van der Waals surface area (Å²) < 4.78 is 5.60. The molecule has 0 aliphatic heterocycles. The first kappa shape index (κ1) is 12.3. The molecule has 1 heterocycles. The molecule has 1 aromatic heterocycles. The van der Waals surface area contributed by atoms with Crippen molar-refractivity contribution in [2.24, 2.45) is 0 Å². The molecule has 20 heavy (non-hydrogen) atoms. The molecule has 0 amide bonds. The van der Waals surface area contributed by atoms with Crippen LogP contribution < -0.4 is 4.74 Å². The summed E-state index contributed by atoms with van der Waals surface area (Å²) in [5.41, 5.74) is 1.56. The fourth-order valence-electron chi connectivity index (χ4n) is 1.86. The molecule has 3 aromatic rings. The molecule has 100 valence electrons. The summed E-state index contributed by atoms with van der Waals surface area (Å²) in [6, 6.07) is 11.0. The van der Waals surface area contributed by atoms with E-state index >= 15 is 0 Å². The maximum Gasteiger partial charge on any atom is 0.341 e. The number of aromatic nitrogens is 3. The van der Waals surface area contributed by atoms with Crippen molar-refractivity contribution >= 4 is 10.8 Å². The van der Waals surface area contributed by atoms with Gasteiger partial charge in [-0.3, -0.25) is 0 Å². The maximum absolute atomic E-state index is 9.50. The summed E-state index contributed by atoms with van der Waals surface area (Å²) >= 11 is 0. The van der Waals surface area contributed by atoms with Crippen LogP contribution in [0.2, 0.25) is 0 Å². The molecule has 0 radical (unpaired) electrons. The second-order valence-electron chi connectivity index (χ2n) is 4.56. The largest absolute Gasteiger partial charge is 0.508 e. The maximum atomic E-state index is 9.50. The van der Waals surface area contributed by atoms with Crippen molar-refractivity contribution in [3.05, 3.63) is 47.8 Å². The van der Waals surface area contributed by atoms with Crippen LogP contribution in [0, 0.1) is 13.8 Å². The lowest BCUT2D eigenvalue weighted by atomic mass is 10.1. The third-order valence-corrected chi connectivity index (χ3v) is 3.08. The lowest BCUT2D eigenvalue weighted by Crippen LogP contribution is -1.99. The standard InChI is InChI=1S/C15H13N3O2/c1-9-10(2)17-18-15(16-9)20-14-6-4-11-3-5-13(19)7-12(11)8-14/h3-8,19H,1-2H3. The zero-order valence-corrected chi connectivity index (χ0v) is 11.2. The molecule has 1 N–H and O–H groups in total. The number of aromatic hydroxyl groups is 1. The molecule has 0 saturated heterocycles. The van der Waals surface area contributed by atoms with E-state index < -0.39 is 0 Å². The Morgan fingerprint density at radius 2 is 1.70 bits per heavy atom. The summed E-state index contributed by atoms with van der Waals surface area (Å²) in [5.74, 6) is 0.826. The Labute approximate surface area is 115 Å². The topological polar surface area (TPSA) is 68.1 Å². The Kier molecular flexibility index (Phi) is 2.95. The smallest absolute Gasteiger partial charge is 0.341 e. The quantitative estimate of drug-likeness (QED) is 0.772. The Morgan fingerprint density at radius 1 is 0.900 bits per heavy atom. The van der Waals surface area contributed by atoms with E-state index in [4.69, 9.17) is 4.74 Å². The molecule has 0 bridgehead atoms. The van der Waals surface area contributed by atoms with Gasteiger partial charge in [0.25, 0.3) is 0 Å². The molecular formula is C15H13N3O2. The monoisotopic (exact) mass is 267 g/mol. The molecule has 0 saturated carbocycles. The number of benzene rings is 2. The SMILES string of the molecule is Cc1nnc(Oc2ccc3ccc(O)cc3c2)nc1C. The van der Waals surface area contributed by atoms with Crippen molar-refractivity contribution < 1.29 is 9.84 Å².